The smallest absolute Gasteiger partial charge is 0.258 e. The first-order valence-corrected chi connectivity index (χ1v) is 9.06. The van der Waals surface area contributed by atoms with Crippen molar-refractivity contribution in [3.05, 3.63) is 75.1 Å². The predicted octanol–water partition coefficient (Wildman–Crippen LogP) is 4.35. The lowest BCUT2D eigenvalue weighted by Crippen LogP contribution is -1.99. The monoisotopic (exact) mass is 425 g/mol. The SMILES string of the molecule is O=[N+]([O-])c1cccc(-c2nc3c4cnn(-c5ccc(Cl)c(Cl)c5)c4ncn3n2)c1. The number of benzene rings is 2. The predicted molar refractivity (Wildman–Crippen MR) is 108 cm³/mol. The maximum atomic E-state index is 11.0. The summed E-state index contributed by atoms with van der Waals surface area (Å²) in [4.78, 5) is 19.5. The third kappa shape index (κ3) is 2.87. The highest BCUT2D eigenvalue weighted by atomic mass is 35.5. The summed E-state index contributed by atoms with van der Waals surface area (Å²) in [6, 6.07) is 11.3. The highest BCUT2D eigenvalue weighted by Crippen LogP contribution is 2.27. The standard InChI is InChI=1S/C18H9Cl2N7O2/c19-14-5-4-11(7-15(14)20)26-17-13(8-22-26)18-23-16(24-25(18)9-21-17)10-2-1-3-12(6-10)27(28)29/h1-9H. The molecule has 0 aliphatic rings. The lowest BCUT2D eigenvalue weighted by Gasteiger charge is -2.04. The van der Waals surface area contributed by atoms with Crippen LogP contribution in [0.5, 0.6) is 0 Å². The Kier molecular flexibility index (Phi) is 3.93. The third-order valence-electron chi connectivity index (χ3n) is 4.37. The number of aromatic nitrogens is 6. The van der Waals surface area contributed by atoms with Gasteiger partial charge in [-0.1, -0.05) is 35.3 Å². The minimum Gasteiger partial charge on any atom is -0.258 e. The van der Waals surface area contributed by atoms with Crippen molar-refractivity contribution >= 4 is 45.6 Å². The van der Waals surface area contributed by atoms with Crippen LogP contribution in [0.25, 0.3) is 33.8 Å². The number of nitro benzene ring substituents is 1. The molecule has 2 aromatic carbocycles. The Balaban J connectivity index is 1.66. The van der Waals surface area contributed by atoms with Crippen LogP contribution in [-0.2, 0) is 0 Å². The largest absolute Gasteiger partial charge is 0.270 e. The minimum absolute atomic E-state index is 0.0305. The van der Waals surface area contributed by atoms with E-state index < -0.39 is 4.92 Å². The Bertz CT molecular complexity index is 1430. The Hall–Kier alpha value is -3.56. The first kappa shape index (κ1) is 17.5. The molecule has 0 fully saturated rings. The fraction of sp³-hybridized carbons (Fsp3) is 0. The topological polar surface area (TPSA) is 104 Å². The van der Waals surface area contributed by atoms with E-state index in [0.717, 1.165) is 0 Å². The number of fused-ring (bicyclic) bond motifs is 3. The Morgan fingerprint density at radius 1 is 1.03 bits per heavy atom. The van der Waals surface area contributed by atoms with Gasteiger partial charge in [0.15, 0.2) is 17.1 Å². The second-order valence-corrected chi connectivity index (χ2v) is 6.96. The van der Waals surface area contributed by atoms with Gasteiger partial charge in [0.05, 0.1) is 32.2 Å². The van der Waals surface area contributed by atoms with E-state index in [1.165, 1.54) is 23.0 Å². The van der Waals surface area contributed by atoms with Crippen molar-refractivity contribution in [2.75, 3.05) is 0 Å². The molecule has 29 heavy (non-hydrogen) atoms. The second-order valence-electron chi connectivity index (χ2n) is 6.15. The summed E-state index contributed by atoms with van der Waals surface area (Å²) in [6.45, 7) is 0. The van der Waals surface area contributed by atoms with Crippen LogP contribution in [0.15, 0.2) is 55.0 Å². The Labute approximate surface area is 172 Å². The van der Waals surface area contributed by atoms with Gasteiger partial charge in [0, 0.05) is 17.7 Å². The van der Waals surface area contributed by atoms with Crippen LogP contribution in [0.3, 0.4) is 0 Å². The highest BCUT2D eigenvalue weighted by molar-refractivity contribution is 6.42. The maximum Gasteiger partial charge on any atom is 0.270 e. The number of halogens is 2. The molecular weight excluding hydrogens is 417 g/mol. The summed E-state index contributed by atoms with van der Waals surface area (Å²) in [5.74, 6) is 0.352. The summed E-state index contributed by atoms with van der Waals surface area (Å²) in [5.41, 5.74) is 2.30. The molecule has 142 valence electrons. The highest BCUT2D eigenvalue weighted by Gasteiger charge is 2.16. The Morgan fingerprint density at radius 2 is 1.90 bits per heavy atom. The molecule has 11 heteroatoms. The molecule has 5 rings (SSSR count). The number of non-ortho nitro benzene ring substituents is 1. The van der Waals surface area contributed by atoms with Gasteiger partial charge in [-0.15, -0.1) is 5.10 Å². The zero-order chi connectivity index (χ0) is 20.1. The van der Waals surface area contributed by atoms with Crippen molar-refractivity contribution in [3.8, 4) is 17.1 Å². The normalized spacial score (nSPS) is 11.4. The summed E-state index contributed by atoms with van der Waals surface area (Å²) < 4.78 is 3.14. The van der Waals surface area contributed by atoms with E-state index in [0.29, 0.717) is 43.8 Å². The molecular formula is C18H9Cl2N7O2. The van der Waals surface area contributed by atoms with Crippen LogP contribution in [-0.4, -0.2) is 34.3 Å². The van der Waals surface area contributed by atoms with Gasteiger partial charge in [0.1, 0.15) is 6.33 Å². The molecule has 5 aromatic rings. The van der Waals surface area contributed by atoms with Gasteiger partial charge in [-0.2, -0.15) is 5.10 Å². The first-order chi connectivity index (χ1) is 14.0. The zero-order valence-electron chi connectivity index (χ0n) is 14.4. The van der Waals surface area contributed by atoms with E-state index in [2.05, 4.69) is 20.2 Å². The minimum atomic E-state index is -0.458. The molecule has 0 spiro atoms. The van der Waals surface area contributed by atoms with Crippen molar-refractivity contribution in [1.29, 1.82) is 0 Å². The molecule has 3 aromatic heterocycles. The quantitative estimate of drug-likeness (QED) is 0.314. The summed E-state index contributed by atoms with van der Waals surface area (Å²) in [7, 11) is 0. The molecule has 3 heterocycles. The number of hydrogen-bond acceptors (Lipinski definition) is 6. The van der Waals surface area contributed by atoms with Crippen LogP contribution < -0.4 is 0 Å². The fourth-order valence-electron chi connectivity index (χ4n) is 3.01. The molecule has 0 aliphatic carbocycles. The Morgan fingerprint density at radius 3 is 2.69 bits per heavy atom. The lowest BCUT2D eigenvalue weighted by molar-refractivity contribution is -0.384. The van der Waals surface area contributed by atoms with E-state index in [9.17, 15) is 10.1 Å². The van der Waals surface area contributed by atoms with Crippen LogP contribution in [0.2, 0.25) is 10.0 Å². The molecule has 0 saturated heterocycles. The maximum absolute atomic E-state index is 11.0. The van der Waals surface area contributed by atoms with Crippen molar-refractivity contribution in [3.63, 3.8) is 0 Å². The van der Waals surface area contributed by atoms with Gasteiger partial charge in [-0.3, -0.25) is 10.1 Å². The average Bonchev–Trinajstić information content (AvgIpc) is 3.34. The molecule has 0 saturated carbocycles. The van der Waals surface area contributed by atoms with E-state index in [4.69, 9.17) is 23.2 Å². The summed E-state index contributed by atoms with van der Waals surface area (Å²) in [5, 5.41) is 21.3. The lowest BCUT2D eigenvalue weighted by atomic mass is 10.2. The van der Waals surface area contributed by atoms with Crippen molar-refractivity contribution in [2.45, 2.75) is 0 Å². The number of hydrogen-bond donors (Lipinski definition) is 0. The molecule has 0 bridgehead atoms. The second kappa shape index (κ2) is 6.50. The molecule has 0 amide bonds. The van der Waals surface area contributed by atoms with Crippen LogP contribution >= 0.6 is 23.2 Å². The van der Waals surface area contributed by atoms with Gasteiger partial charge >= 0.3 is 0 Å². The number of nitrogens with zero attached hydrogens (tertiary/aromatic N) is 7. The van der Waals surface area contributed by atoms with Crippen LogP contribution in [0, 0.1) is 10.1 Å². The summed E-state index contributed by atoms with van der Waals surface area (Å²) in [6.07, 6.45) is 3.15. The van der Waals surface area contributed by atoms with Gasteiger partial charge in [0.2, 0.25) is 0 Å². The molecule has 0 aliphatic heterocycles. The van der Waals surface area contributed by atoms with E-state index in [1.807, 2.05) is 0 Å². The molecule has 0 unspecified atom stereocenters. The van der Waals surface area contributed by atoms with E-state index >= 15 is 0 Å². The van der Waals surface area contributed by atoms with E-state index in [1.54, 1.807) is 41.2 Å². The van der Waals surface area contributed by atoms with Crippen LogP contribution in [0.1, 0.15) is 0 Å². The average molecular weight is 426 g/mol. The molecule has 0 N–H and O–H groups in total. The van der Waals surface area contributed by atoms with Gasteiger partial charge < -0.3 is 0 Å². The van der Waals surface area contributed by atoms with Gasteiger partial charge in [-0.05, 0) is 18.2 Å². The number of nitro groups is 1. The first-order valence-electron chi connectivity index (χ1n) is 8.30. The summed E-state index contributed by atoms with van der Waals surface area (Å²) >= 11 is 12.1. The zero-order valence-corrected chi connectivity index (χ0v) is 15.9. The molecule has 0 radical (unpaired) electrons. The van der Waals surface area contributed by atoms with Gasteiger partial charge in [0.25, 0.3) is 5.69 Å². The van der Waals surface area contributed by atoms with Crippen molar-refractivity contribution in [1.82, 2.24) is 29.4 Å². The molecule has 9 nitrogen and oxygen atoms in total. The fourth-order valence-corrected chi connectivity index (χ4v) is 3.30. The number of rotatable bonds is 3. The van der Waals surface area contributed by atoms with Crippen LogP contribution in [0.4, 0.5) is 5.69 Å². The van der Waals surface area contributed by atoms with Crippen molar-refractivity contribution < 1.29 is 4.92 Å². The van der Waals surface area contributed by atoms with Gasteiger partial charge in [-0.25, -0.2) is 19.2 Å². The molecule has 0 atom stereocenters. The van der Waals surface area contributed by atoms with E-state index in [-0.39, 0.29) is 5.69 Å². The third-order valence-corrected chi connectivity index (χ3v) is 5.11. The van der Waals surface area contributed by atoms with Crippen molar-refractivity contribution in [2.24, 2.45) is 0 Å².